The monoisotopic (exact) mass is 210 g/mol. The fourth-order valence-electron chi connectivity index (χ4n) is 1.46. The van der Waals surface area contributed by atoms with Crippen LogP contribution in [0.4, 0.5) is 5.82 Å². The molecular formula is C10H18N4O. The molecule has 15 heavy (non-hydrogen) atoms. The van der Waals surface area contributed by atoms with Gasteiger partial charge in [0, 0.05) is 6.04 Å². The summed E-state index contributed by atoms with van der Waals surface area (Å²) in [6.45, 7) is 6.20. The molecule has 1 amide bonds. The first-order valence-electron chi connectivity index (χ1n) is 5.16. The van der Waals surface area contributed by atoms with Crippen LogP contribution in [-0.2, 0) is 0 Å². The summed E-state index contributed by atoms with van der Waals surface area (Å²) in [5.74, 6) is 0.556. The van der Waals surface area contributed by atoms with E-state index >= 15 is 0 Å². The smallest absolute Gasteiger partial charge is 0.256 e. The van der Waals surface area contributed by atoms with Crippen molar-refractivity contribution in [3.63, 3.8) is 0 Å². The van der Waals surface area contributed by atoms with Crippen LogP contribution in [-0.4, -0.2) is 22.1 Å². The molecule has 84 valence electrons. The van der Waals surface area contributed by atoms with Gasteiger partial charge in [0.15, 0.2) is 0 Å². The Morgan fingerprint density at radius 2 is 2.33 bits per heavy atom. The molecular weight excluding hydrogens is 192 g/mol. The van der Waals surface area contributed by atoms with Crippen LogP contribution in [0.1, 0.15) is 37.6 Å². The minimum Gasteiger partial charge on any atom is -0.383 e. The molecule has 0 saturated carbocycles. The van der Waals surface area contributed by atoms with E-state index in [4.69, 9.17) is 5.73 Å². The van der Waals surface area contributed by atoms with Crippen molar-refractivity contribution in [1.82, 2.24) is 15.5 Å². The van der Waals surface area contributed by atoms with Crippen LogP contribution < -0.4 is 11.1 Å². The number of hydrogen-bond acceptors (Lipinski definition) is 3. The minimum atomic E-state index is -0.165. The Balaban J connectivity index is 2.67. The number of aromatic amines is 1. The lowest BCUT2D eigenvalue weighted by atomic mass is 10.0. The lowest BCUT2D eigenvalue weighted by Crippen LogP contribution is -2.38. The maximum Gasteiger partial charge on any atom is 0.256 e. The first-order chi connectivity index (χ1) is 7.06. The van der Waals surface area contributed by atoms with Gasteiger partial charge in [-0.15, -0.1) is 0 Å². The number of carbonyl (C=O) groups excluding carboxylic acids is 1. The van der Waals surface area contributed by atoms with Gasteiger partial charge < -0.3 is 11.1 Å². The van der Waals surface area contributed by atoms with Gasteiger partial charge in [-0.25, -0.2) is 0 Å². The molecule has 4 N–H and O–H groups in total. The zero-order valence-electron chi connectivity index (χ0n) is 9.37. The summed E-state index contributed by atoms with van der Waals surface area (Å²) < 4.78 is 0. The predicted octanol–water partition coefficient (Wildman–Crippen LogP) is 1.16. The van der Waals surface area contributed by atoms with Crippen molar-refractivity contribution in [2.45, 2.75) is 33.2 Å². The number of rotatable bonds is 4. The molecule has 0 bridgehead atoms. The van der Waals surface area contributed by atoms with Crippen molar-refractivity contribution < 1.29 is 4.79 Å². The average Bonchev–Trinajstić information content (AvgIpc) is 2.60. The van der Waals surface area contributed by atoms with Crippen LogP contribution in [0.25, 0.3) is 0 Å². The largest absolute Gasteiger partial charge is 0.383 e. The third-order valence-corrected chi connectivity index (χ3v) is 2.47. The molecule has 1 heterocycles. The van der Waals surface area contributed by atoms with E-state index in [2.05, 4.69) is 29.4 Å². The van der Waals surface area contributed by atoms with E-state index in [9.17, 15) is 4.79 Å². The molecule has 0 spiro atoms. The number of nitrogens with two attached hydrogens (primary N) is 1. The van der Waals surface area contributed by atoms with E-state index in [1.807, 2.05) is 6.92 Å². The molecule has 5 heteroatoms. The van der Waals surface area contributed by atoms with Gasteiger partial charge in [-0.1, -0.05) is 20.8 Å². The zero-order valence-corrected chi connectivity index (χ0v) is 9.37. The molecule has 0 fully saturated rings. The Morgan fingerprint density at radius 1 is 1.67 bits per heavy atom. The number of anilines is 1. The minimum absolute atomic E-state index is 0.165. The summed E-state index contributed by atoms with van der Waals surface area (Å²) in [6.07, 6.45) is 2.35. The fraction of sp³-hybridized carbons (Fsp3) is 0.600. The van der Waals surface area contributed by atoms with E-state index in [-0.39, 0.29) is 11.9 Å². The van der Waals surface area contributed by atoms with Crippen LogP contribution in [0.15, 0.2) is 6.20 Å². The molecule has 1 unspecified atom stereocenters. The molecule has 0 aliphatic carbocycles. The van der Waals surface area contributed by atoms with Gasteiger partial charge in [0.05, 0.1) is 6.20 Å². The zero-order chi connectivity index (χ0) is 11.4. The first-order valence-corrected chi connectivity index (χ1v) is 5.16. The van der Waals surface area contributed by atoms with Crippen LogP contribution in [0.2, 0.25) is 0 Å². The lowest BCUT2D eigenvalue weighted by molar-refractivity contribution is 0.0925. The van der Waals surface area contributed by atoms with Crippen molar-refractivity contribution in [2.24, 2.45) is 5.92 Å². The maximum absolute atomic E-state index is 11.7. The van der Waals surface area contributed by atoms with Gasteiger partial charge in [-0.05, 0) is 12.3 Å². The SMILES string of the molecule is CCC(NC(=O)c1cn[nH]c1N)C(C)C. The Morgan fingerprint density at radius 3 is 2.73 bits per heavy atom. The Bertz CT molecular complexity index is 332. The molecule has 0 saturated heterocycles. The molecule has 1 rings (SSSR count). The summed E-state index contributed by atoms with van der Waals surface area (Å²) in [4.78, 5) is 11.7. The summed E-state index contributed by atoms with van der Waals surface area (Å²) in [7, 11) is 0. The third kappa shape index (κ3) is 2.71. The van der Waals surface area contributed by atoms with Gasteiger partial charge in [0.1, 0.15) is 11.4 Å². The highest BCUT2D eigenvalue weighted by Gasteiger charge is 2.17. The van der Waals surface area contributed by atoms with Gasteiger partial charge in [0.2, 0.25) is 0 Å². The van der Waals surface area contributed by atoms with Crippen molar-refractivity contribution in [3.05, 3.63) is 11.8 Å². The second kappa shape index (κ2) is 4.82. The topological polar surface area (TPSA) is 83.8 Å². The molecule has 0 aliphatic rings. The van der Waals surface area contributed by atoms with Crippen molar-refractivity contribution in [2.75, 3.05) is 5.73 Å². The van der Waals surface area contributed by atoms with Crippen LogP contribution >= 0.6 is 0 Å². The standard InChI is InChI=1S/C10H18N4O/c1-4-8(6(2)3)13-10(15)7-5-12-14-9(7)11/h5-6,8H,4H2,1-3H3,(H,13,15)(H3,11,12,14). The number of nitrogens with one attached hydrogen (secondary N) is 2. The summed E-state index contributed by atoms with van der Waals surface area (Å²) in [5.41, 5.74) is 5.97. The fourth-order valence-corrected chi connectivity index (χ4v) is 1.46. The van der Waals surface area contributed by atoms with Crippen LogP contribution in [0.5, 0.6) is 0 Å². The molecule has 0 aromatic carbocycles. The average molecular weight is 210 g/mol. The van der Waals surface area contributed by atoms with E-state index in [0.29, 0.717) is 17.3 Å². The highest BCUT2D eigenvalue weighted by atomic mass is 16.1. The van der Waals surface area contributed by atoms with Gasteiger partial charge in [-0.2, -0.15) is 5.10 Å². The van der Waals surface area contributed by atoms with E-state index in [1.54, 1.807) is 0 Å². The second-order valence-electron chi connectivity index (χ2n) is 3.93. The molecule has 1 atom stereocenters. The number of nitrogens with zero attached hydrogens (tertiary/aromatic N) is 1. The van der Waals surface area contributed by atoms with Gasteiger partial charge in [0.25, 0.3) is 5.91 Å². The van der Waals surface area contributed by atoms with E-state index in [0.717, 1.165) is 6.42 Å². The first kappa shape index (κ1) is 11.6. The number of hydrogen-bond donors (Lipinski definition) is 3. The summed E-state index contributed by atoms with van der Waals surface area (Å²) >= 11 is 0. The number of nitrogen functional groups attached to an aromatic ring is 1. The molecule has 1 aromatic heterocycles. The second-order valence-corrected chi connectivity index (χ2v) is 3.93. The molecule has 0 aliphatic heterocycles. The number of aromatic nitrogens is 2. The molecule has 1 aromatic rings. The summed E-state index contributed by atoms with van der Waals surface area (Å²) in [6, 6.07) is 0.173. The Labute approximate surface area is 89.4 Å². The van der Waals surface area contributed by atoms with Crippen molar-refractivity contribution in [3.8, 4) is 0 Å². The Hall–Kier alpha value is -1.52. The number of carbonyl (C=O) groups is 1. The van der Waals surface area contributed by atoms with Gasteiger partial charge >= 0.3 is 0 Å². The highest BCUT2D eigenvalue weighted by molar-refractivity contribution is 5.98. The van der Waals surface area contributed by atoms with Gasteiger partial charge in [-0.3, -0.25) is 9.89 Å². The van der Waals surface area contributed by atoms with E-state index < -0.39 is 0 Å². The highest BCUT2D eigenvalue weighted by Crippen LogP contribution is 2.10. The molecule has 5 nitrogen and oxygen atoms in total. The maximum atomic E-state index is 11.7. The van der Waals surface area contributed by atoms with Crippen LogP contribution in [0, 0.1) is 5.92 Å². The molecule has 0 radical (unpaired) electrons. The quantitative estimate of drug-likeness (QED) is 0.697. The lowest BCUT2D eigenvalue weighted by Gasteiger charge is -2.20. The number of H-pyrrole nitrogens is 1. The van der Waals surface area contributed by atoms with Crippen molar-refractivity contribution in [1.29, 1.82) is 0 Å². The van der Waals surface area contributed by atoms with E-state index in [1.165, 1.54) is 6.20 Å². The van der Waals surface area contributed by atoms with Crippen LogP contribution in [0.3, 0.4) is 0 Å². The Kier molecular flexibility index (Phi) is 3.71. The number of amides is 1. The van der Waals surface area contributed by atoms with Crippen molar-refractivity contribution >= 4 is 11.7 Å². The normalized spacial score (nSPS) is 12.8. The summed E-state index contributed by atoms with van der Waals surface area (Å²) in [5, 5.41) is 9.18. The predicted molar refractivity (Wildman–Crippen MR) is 59.4 cm³/mol. The third-order valence-electron chi connectivity index (χ3n) is 2.47.